The van der Waals surface area contributed by atoms with Crippen molar-refractivity contribution in [2.45, 2.75) is 70.9 Å². The van der Waals surface area contributed by atoms with E-state index in [-0.39, 0.29) is 37.8 Å². The van der Waals surface area contributed by atoms with Gasteiger partial charge in [0.1, 0.15) is 17.2 Å². The highest BCUT2D eigenvalue weighted by atomic mass is 19.1. The van der Waals surface area contributed by atoms with Crippen LogP contribution in [0.3, 0.4) is 0 Å². The Hall–Kier alpha value is -5.10. The topological polar surface area (TPSA) is 147 Å². The highest BCUT2D eigenvalue weighted by Gasteiger charge is 2.30. The molecule has 0 spiro atoms. The Morgan fingerprint density at radius 3 is 2.30 bits per heavy atom. The van der Waals surface area contributed by atoms with Crippen LogP contribution < -0.4 is 5.32 Å². The number of ether oxygens (including phenoxy) is 1. The number of carboxylic acids is 1. The molecule has 4 N–H and O–H groups in total. The number of halogens is 1. The van der Waals surface area contributed by atoms with Crippen molar-refractivity contribution in [1.82, 2.24) is 15.0 Å². The molecular weight excluding hydrogens is 641 g/mol. The first-order valence-electron chi connectivity index (χ1n) is 16.5. The number of methoxy groups -OCH3 is 1. The Bertz CT molecular complexity index is 1900. The number of carbonyl (C=O) groups excluding carboxylic acids is 1. The van der Waals surface area contributed by atoms with Crippen LogP contribution in [0.15, 0.2) is 89.5 Å². The van der Waals surface area contributed by atoms with Gasteiger partial charge in [0.15, 0.2) is 5.76 Å². The van der Waals surface area contributed by atoms with Gasteiger partial charge in [-0.05, 0) is 68.0 Å². The van der Waals surface area contributed by atoms with Crippen LogP contribution in [0.25, 0.3) is 33.6 Å². The molecule has 5 rings (SSSR count). The largest absolute Gasteiger partial charge is 0.481 e. The van der Waals surface area contributed by atoms with Crippen molar-refractivity contribution in [2.24, 2.45) is 0 Å². The van der Waals surface area contributed by atoms with E-state index in [1.807, 2.05) is 73.0 Å². The molecule has 0 aliphatic rings. The van der Waals surface area contributed by atoms with Gasteiger partial charge in [-0.3, -0.25) is 9.59 Å². The van der Waals surface area contributed by atoms with Crippen LogP contribution in [0.2, 0.25) is 0 Å². The summed E-state index contributed by atoms with van der Waals surface area (Å²) in [7, 11) is 1.63. The van der Waals surface area contributed by atoms with E-state index in [4.69, 9.17) is 14.4 Å². The Morgan fingerprint density at radius 2 is 1.62 bits per heavy atom. The summed E-state index contributed by atoms with van der Waals surface area (Å²) in [5.74, 6) is -1.37. The summed E-state index contributed by atoms with van der Waals surface area (Å²) in [4.78, 5) is 25.4. The van der Waals surface area contributed by atoms with E-state index < -0.39 is 30.4 Å². The van der Waals surface area contributed by atoms with Crippen LogP contribution >= 0.6 is 0 Å². The molecule has 10 nitrogen and oxygen atoms in total. The van der Waals surface area contributed by atoms with Gasteiger partial charge in [-0.25, -0.2) is 4.39 Å². The van der Waals surface area contributed by atoms with Crippen molar-refractivity contribution in [3.8, 4) is 33.6 Å². The van der Waals surface area contributed by atoms with Crippen molar-refractivity contribution in [1.29, 1.82) is 0 Å². The number of hydrogen-bond donors (Lipinski definition) is 4. The SMILES string of the molecule is COCc1cccc(-c2cc(CNC(=O)c3c(-c4ccccc4)c(-c4ccc(F)cc4)c(CC[C@@H](O)C[C@@H](O)CC(=O)O)n3C(C)C)no2)c1. The average Bonchev–Trinajstić information content (AvgIpc) is 3.70. The van der Waals surface area contributed by atoms with Gasteiger partial charge in [0, 0.05) is 41.6 Å². The first-order valence-corrected chi connectivity index (χ1v) is 16.5. The van der Waals surface area contributed by atoms with Gasteiger partial charge in [-0.2, -0.15) is 0 Å². The molecule has 0 aliphatic heterocycles. The van der Waals surface area contributed by atoms with E-state index in [9.17, 15) is 24.2 Å². The second kappa shape index (κ2) is 16.5. The number of aliphatic carboxylic acids is 1. The molecule has 5 aromatic rings. The fourth-order valence-electron chi connectivity index (χ4n) is 6.28. The minimum atomic E-state index is -1.21. The zero-order valence-corrected chi connectivity index (χ0v) is 28.3. The Kier molecular flexibility index (Phi) is 12.0. The molecule has 262 valence electrons. The van der Waals surface area contributed by atoms with Crippen LogP contribution in [-0.2, 0) is 29.1 Å². The first-order chi connectivity index (χ1) is 24.0. The Morgan fingerprint density at radius 1 is 0.920 bits per heavy atom. The summed E-state index contributed by atoms with van der Waals surface area (Å²) < 4.78 is 27.0. The third-order valence-corrected chi connectivity index (χ3v) is 8.41. The molecule has 0 saturated heterocycles. The van der Waals surface area contributed by atoms with Crippen molar-refractivity contribution >= 4 is 11.9 Å². The van der Waals surface area contributed by atoms with Gasteiger partial charge in [0.2, 0.25) is 0 Å². The fourth-order valence-corrected chi connectivity index (χ4v) is 6.28. The number of nitrogens with one attached hydrogen (secondary N) is 1. The van der Waals surface area contributed by atoms with Crippen molar-refractivity contribution in [3.63, 3.8) is 0 Å². The quantitative estimate of drug-likeness (QED) is 0.0889. The van der Waals surface area contributed by atoms with Crippen LogP contribution in [0.1, 0.15) is 66.6 Å². The lowest BCUT2D eigenvalue weighted by molar-refractivity contribution is -0.139. The predicted molar refractivity (Wildman–Crippen MR) is 187 cm³/mol. The number of aromatic nitrogens is 2. The maximum Gasteiger partial charge on any atom is 0.305 e. The molecule has 2 aromatic heterocycles. The van der Waals surface area contributed by atoms with E-state index in [2.05, 4.69) is 10.5 Å². The van der Waals surface area contributed by atoms with Crippen LogP contribution in [0.5, 0.6) is 0 Å². The molecule has 0 unspecified atom stereocenters. The number of amides is 1. The third kappa shape index (κ3) is 8.73. The van der Waals surface area contributed by atoms with Gasteiger partial charge in [0.05, 0.1) is 31.8 Å². The van der Waals surface area contributed by atoms with Gasteiger partial charge >= 0.3 is 5.97 Å². The molecule has 0 aliphatic carbocycles. The number of rotatable bonds is 16. The number of carbonyl (C=O) groups is 2. The molecule has 0 saturated carbocycles. The molecule has 1 amide bonds. The predicted octanol–water partition coefficient (Wildman–Crippen LogP) is 6.79. The lowest BCUT2D eigenvalue weighted by atomic mass is 9.92. The maximum absolute atomic E-state index is 14.4. The Labute approximate surface area is 290 Å². The summed E-state index contributed by atoms with van der Waals surface area (Å²) in [5.41, 5.74) is 6.28. The van der Waals surface area contributed by atoms with Crippen LogP contribution in [0.4, 0.5) is 4.39 Å². The lowest BCUT2D eigenvalue weighted by Gasteiger charge is -2.20. The molecule has 50 heavy (non-hydrogen) atoms. The van der Waals surface area contributed by atoms with Gasteiger partial charge in [-0.15, -0.1) is 0 Å². The van der Waals surface area contributed by atoms with Crippen LogP contribution in [0, 0.1) is 5.82 Å². The van der Waals surface area contributed by atoms with Crippen LogP contribution in [-0.4, -0.2) is 56.2 Å². The number of hydrogen-bond acceptors (Lipinski definition) is 7. The molecule has 11 heteroatoms. The monoisotopic (exact) mass is 683 g/mol. The summed E-state index contributed by atoms with van der Waals surface area (Å²) in [6, 6.07) is 24.8. The van der Waals surface area contributed by atoms with Gasteiger partial charge < -0.3 is 34.5 Å². The number of aliphatic hydroxyl groups excluding tert-OH is 2. The van der Waals surface area contributed by atoms with Crippen molar-refractivity contribution in [3.05, 3.63) is 113 Å². The second-order valence-electron chi connectivity index (χ2n) is 12.6. The Balaban J connectivity index is 1.54. The first kappa shape index (κ1) is 36.2. The maximum atomic E-state index is 14.4. The van der Waals surface area contributed by atoms with Gasteiger partial charge in [0.25, 0.3) is 5.91 Å². The lowest BCUT2D eigenvalue weighted by Crippen LogP contribution is -2.27. The number of nitrogens with zero attached hydrogens (tertiary/aromatic N) is 2. The van der Waals surface area contributed by atoms with E-state index in [1.54, 1.807) is 25.3 Å². The highest BCUT2D eigenvalue weighted by molar-refractivity contribution is 6.05. The van der Waals surface area contributed by atoms with Gasteiger partial charge in [-0.1, -0.05) is 65.8 Å². The third-order valence-electron chi connectivity index (χ3n) is 8.41. The standard InChI is InChI=1S/C39H42FN3O7/c1-24(2)43-33(17-16-31(44)20-32(45)21-35(46)47)36(27-12-14-29(40)15-13-27)37(26-9-5-4-6-10-26)38(43)39(48)41-22-30-19-34(50-42-30)28-11-7-8-25(18-28)23-49-3/h4-15,18-19,24,31-32,44-45H,16-17,20-23H2,1-3H3,(H,41,48)(H,46,47)/t31-,32-/m1/s1. The normalized spacial score (nSPS) is 12.6. The molecule has 0 bridgehead atoms. The summed E-state index contributed by atoms with van der Waals surface area (Å²) in [6.07, 6.45) is -2.33. The summed E-state index contributed by atoms with van der Waals surface area (Å²) in [5, 5.41) is 37.3. The van der Waals surface area contributed by atoms with Crippen molar-refractivity contribution < 1.29 is 38.6 Å². The van der Waals surface area contributed by atoms with E-state index in [1.165, 1.54) is 12.1 Å². The average molecular weight is 684 g/mol. The second-order valence-corrected chi connectivity index (χ2v) is 12.6. The smallest absolute Gasteiger partial charge is 0.305 e. The zero-order valence-electron chi connectivity index (χ0n) is 28.3. The molecule has 2 heterocycles. The fraction of sp³-hybridized carbons (Fsp3) is 0.308. The number of benzene rings is 3. The summed E-state index contributed by atoms with van der Waals surface area (Å²) in [6.45, 7) is 4.45. The number of aliphatic hydroxyl groups is 2. The zero-order chi connectivity index (χ0) is 35.8. The summed E-state index contributed by atoms with van der Waals surface area (Å²) >= 11 is 0. The highest BCUT2D eigenvalue weighted by Crippen LogP contribution is 2.42. The molecule has 3 aromatic carbocycles. The minimum absolute atomic E-state index is 0.0823. The molecule has 2 atom stereocenters. The molecule has 0 radical (unpaired) electrons. The number of carboxylic acid groups (broad SMARTS) is 1. The van der Waals surface area contributed by atoms with Crippen molar-refractivity contribution in [2.75, 3.05) is 7.11 Å². The van der Waals surface area contributed by atoms with E-state index in [0.717, 1.165) is 22.4 Å². The molecular formula is C39H42FN3O7. The van der Waals surface area contributed by atoms with E-state index in [0.29, 0.717) is 40.4 Å². The minimum Gasteiger partial charge on any atom is -0.481 e. The van der Waals surface area contributed by atoms with E-state index >= 15 is 0 Å². The molecule has 0 fully saturated rings.